The lowest BCUT2D eigenvalue weighted by atomic mass is 9.93. The van der Waals surface area contributed by atoms with Crippen LogP contribution < -0.4 is 14.4 Å². The first kappa shape index (κ1) is 33.1. The van der Waals surface area contributed by atoms with Crippen molar-refractivity contribution in [1.82, 2.24) is 9.88 Å². The number of halogens is 1. The Morgan fingerprint density at radius 2 is 1.81 bits per heavy atom. The van der Waals surface area contributed by atoms with E-state index in [1.165, 1.54) is 7.11 Å². The standard InChI is InChI=1S/C31H42ClN3O7/c1-19(2)42-24-17-21(32)16-23(28(38)22-8-7-13-33-29(22)41-6)27(24)35(18-31(3,4)5)26(37)10-9-25(36)34-14-11-20(12-15-34)30(39)40/h7-8,13,16-17,19-20,28,38H,9-12,14-15,18H2,1-6H3,(H,39,40)/t28-/m1/s1. The van der Waals surface area contributed by atoms with E-state index in [4.69, 9.17) is 21.1 Å². The molecule has 2 amide bonds. The van der Waals surface area contributed by atoms with Crippen LogP contribution in [0.15, 0.2) is 30.5 Å². The number of carbonyl (C=O) groups excluding carboxylic acids is 2. The van der Waals surface area contributed by atoms with E-state index < -0.39 is 18.0 Å². The molecular weight excluding hydrogens is 562 g/mol. The molecule has 230 valence electrons. The summed E-state index contributed by atoms with van der Waals surface area (Å²) in [5, 5.41) is 21.2. The summed E-state index contributed by atoms with van der Waals surface area (Å²) in [4.78, 5) is 45.7. The van der Waals surface area contributed by atoms with Gasteiger partial charge in [-0.15, -0.1) is 0 Å². The maximum Gasteiger partial charge on any atom is 0.306 e. The number of carbonyl (C=O) groups is 3. The maximum absolute atomic E-state index is 14.0. The molecule has 0 unspecified atom stereocenters. The summed E-state index contributed by atoms with van der Waals surface area (Å²) in [7, 11) is 1.46. The molecule has 42 heavy (non-hydrogen) atoms. The number of likely N-dealkylation sites (tertiary alicyclic amines) is 1. The van der Waals surface area contributed by atoms with Crippen LogP contribution in [0.25, 0.3) is 0 Å². The molecule has 2 N–H and O–H groups in total. The fraction of sp³-hybridized carbons (Fsp3) is 0.548. The Morgan fingerprint density at radius 3 is 2.38 bits per heavy atom. The van der Waals surface area contributed by atoms with Crippen molar-refractivity contribution >= 4 is 35.1 Å². The lowest BCUT2D eigenvalue weighted by Crippen LogP contribution is -2.42. The minimum Gasteiger partial charge on any atom is -0.489 e. The first-order valence-electron chi connectivity index (χ1n) is 14.2. The molecule has 2 aromatic rings. The minimum absolute atomic E-state index is 0.0283. The van der Waals surface area contributed by atoms with Crippen molar-refractivity contribution in [1.29, 1.82) is 0 Å². The number of methoxy groups -OCH3 is 1. The molecule has 2 heterocycles. The topological polar surface area (TPSA) is 130 Å². The number of rotatable bonds is 11. The summed E-state index contributed by atoms with van der Waals surface area (Å²) >= 11 is 6.52. The van der Waals surface area contributed by atoms with Crippen LogP contribution in [0.1, 0.15) is 77.5 Å². The van der Waals surface area contributed by atoms with E-state index in [0.717, 1.165) is 0 Å². The Bertz CT molecular complexity index is 1270. The molecule has 0 saturated carbocycles. The quantitative estimate of drug-likeness (QED) is 0.363. The molecule has 0 aliphatic carbocycles. The van der Waals surface area contributed by atoms with Gasteiger partial charge in [-0.1, -0.05) is 32.4 Å². The molecular formula is C31H42ClN3O7. The first-order valence-corrected chi connectivity index (χ1v) is 14.6. The van der Waals surface area contributed by atoms with Crippen LogP contribution in [-0.2, 0) is 14.4 Å². The number of hydrogen-bond donors (Lipinski definition) is 2. The third kappa shape index (κ3) is 8.58. The molecule has 3 rings (SSSR count). The third-order valence-corrected chi connectivity index (χ3v) is 7.19. The number of pyridine rings is 1. The number of hydrogen-bond acceptors (Lipinski definition) is 7. The van der Waals surface area contributed by atoms with Crippen LogP contribution in [0.3, 0.4) is 0 Å². The number of aliphatic carboxylic acids is 1. The molecule has 1 fully saturated rings. The van der Waals surface area contributed by atoms with Gasteiger partial charge in [-0.25, -0.2) is 4.98 Å². The minimum atomic E-state index is -1.26. The highest BCUT2D eigenvalue weighted by Gasteiger charge is 2.33. The summed E-state index contributed by atoms with van der Waals surface area (Å²) in [6, 6.07) is 6.59. The zero-order valence-corrected chi connectivity index (χ0v) is 26.0. The highest BCUT2D eigenvalue weighted by Crippen LogP contribution is 2.43. The summed E-state index contributed by atoms with van der Waals surface area (Å²) < 4.78 is 11.5. The van der Waals surface area contributed by atoms with Gasteiger partial charge < -0.3 is 29.5 Å². The molecule has 10 nitrogen and oxygen atoms in total. The van der Waals surface area contributed by atoms with Crippen molar-refractivity contribution in [3.63, 3.8) is 0 Å². The lowest BCUT2D eigenvalue weighted by Gasteiger charge is -2.34. The normalized spacial score (nSPS) is 14.9. The number of aromatic nitrogens is 1. The van der Waals surface area contributed by atoms with Crippen molar-refractivity contribution < 1.29 is 34.1 Å². The molecule has 0 radical (unpaired) electrons. The van der Waals surface area contributed by atoms with Crippen LogP contribution in [0.2, 0.25) is 5.02 Å². The molecule has 1 aliphatic rings. The Balaban J connectivity index is 2.00. The highest BCUT2D eigenvalue weighted by molar-refractivity contribution is 6.31. The fourth-order valence-electron chi connectivity index (χ4n) is 5.03. The molecule has 11 heteroatoms. The van der Waals surface area contributed by atoms with Gasteiger partial charge in [0, 0.05) is 60.9 Å². The monoisotopic (exact) mass is 603 g/mol. The van der Waals surface area contributed by atoms with Crippen LogP contribution in [0.4, 0.5) is 5.69 Å². The van der Waals surface area contributed by atoms with Gasteiger partial charge >= 0.3 is 5.97 Å². The van der Waals surface area contributed by atoms with Crippen LogP contribution in [0, 0.1) is 11.3 Å². The Hall–Kier alpha value is -3.37. The predicted molar refractivity (Wildman–Crippen MR) is 160 cm³/mol. The van der Waals surface area contributed by atoms with E-state index in [1.807, 2.05) is 34.6 Å². The molecule has 1 aliphatic heterocycles. The third-order valence-electron chi connectivity index (χ3n) is 6.97. The zero-order chi connectivity index (χ0) is 31.2. The average Bonchev–Trinajstić information content (AvgIpc) is 2.93. The maximum atomic E-state index is 14.0. The Kier molecular flexibility index (Phi) is 11.2. The van der Waals surface area contributed by atoms with Gasteiger partial charge in [-0.2, -0.15) is 0 Å². The largest absolute Gasteiger partial charge is 0.489 e. The molecule has 1 aromatic carbocycles. The van der Waals surface area contributed by atoms with Crippen molar-refractivity contribution in [2.75, 3.05) is 31.6 Å². The highest BCUT2D eigenvalue weighted by atomic mass is 35.5. The van der Waals surface area contributed by atoms with E-state index >= 15 is 0 Å². The van der Waals surface area contributed by atoms with E-state index in [9.17, 15) is 24.6 Å². The lowest BCUT2D eigenvalue weighted by molar-refractivity contribution is -0.145. The number of nitrogens with zero attached hydrogens (tertiary/aromatic N) is 3. The molecule has 0 spiro atoms. The number of ether oxygens (including phenoxy) is 2. The Labute approximate surface area is 252 Å². The van der Waals surface area contributed by atoms with Gasteiger partial charge in [0.1, 0.15) is 11.9 Å². The summed E-state index contributed by atoms with van der Waals surface area (Å²) in [5.41, 5.74) is 0.730. The smallest absolute Gasteiger partial charge is 0.306 e. The van der Waals surface area contributed by atoms with E-state index in [2.05, 4.69) is 4.98 Å². The number of carboxylic acid groups (broad SMARTS) is 1. The number of carboxylic acids is 1. The fourth-order valence-corrected chi connectivity index (χ4v) is 5.25. The van der Waals surface area contributed by atoms with Gasteiger partial charge in [0.25, 0.3) is 0 Å². The van der Waals surface area contributed by atoms with Gasteiger partial charge in [-0.3, -0.25) is 14.4 Å². The second kappa shape index (κ2) is 14.2. The van der Waals surface area contributed by atoms with Crippen molar-refractivity contribution in [2.24, 2.45) is 11.3 Å². The molecule has 1 atom stereocenters. The van der Waals surface area contributed by atoms with E-state index in [0.29, 0.717) is 53.5 Å². The van der Waals surface area contributed by atoms with E-state index in [-0.39, 0.29) is 48.6 Å². The molecule has 0 bridgehead atoms. The van der Waals surface area contributed by atoms with Crippen LogP contribution in [0.5, 0.6) is 11.6 Å². The number of aliphatic hydroxyl groups is 1. The molecule has 1 aromatic heterocycles. The second-order valence-corrected chi connectivity index (χ2v) is 12.5. The van der Waals surface area contributed by atoms with Gasteiger partial charge in [0.05, 0.1) is 24.8 Å². The predicted octanol–water partition coefficient (Wildman–Crippen LogP) is 5.10. The van der Waals surface area contributed by atoms with E-state index in [1.54, 1.807) is 40.3 Å². The van der Waals surface area contributed by atoms with Crippen molar-refractivity contribution in [2.45, 2.75) is 72.5 Å². The number of piperidine rings is 1. The number of aliphatic hydroxyl groups excluding tert-OH is 1. The second-order valence-electron chi connectivity index (χ2n) is 12.0. The first-order chi connectivity index (χ1) is 19.7. The summed E-state index contributed by atoms with van der Waals surface area (Å²) in [6.45, 7) is 10.6. The number of amides is 2. The van der Waals surface area contributed by atoms with Crippen molar-refractivity contribution in [3.8, 4) is 11.6 Å². The van der Waals surface area contributed by atoms with Gasteiger partial charge in [0.15, 0.2) is 0 Å². The van der Waals surface area contributed by atoms with Crippen LogP contribution in [-0.4, -0.2) is 70.7 Å². The average molecular weight is 604 g/mol. The Morgan fingerprint density at radius 1 is 1.14 bits per heavy atom. The summed E-state index contributed by atoms with van der Waals surface area (Å²) in [6.07, 6.45) is 0.711. The molecule has 1 saturated heterocycles. The summed E-state index contributed by atoms with van der Waals surface area (Å²) in [5.74, 6) is -1.26. The zero-order valence-electron chi connectivity index (χ0n) is 25.2. The SMILES string of the molecule is COc1ncccc1[C@@H](O)c1cc(Cl)cc(OC(C)C)c1N(CC(C)(C)C)C(=O)CCC(=O)N1CCC(C(=O)O)CC1. The number of benzene rings is 1. The van der Waals surface area contributed by atoms with Gasteiger partial charge in [0.2, 0.25) is 17.7 Å². The van der Waals surface area contributed by atoms with Gasteiger partial charge in [-0.05, 0) is 50.3 Å². The van der Waals surface area contributed by atoms with Crippen molar-refractivity contribution in [3.05, 3.63) is 46.6 Å². The number of anilines is 1. The van der Waals surface area contributed by atoms with Crippen LogP contribution >= 0.6 is 11.6 Å².